The zero-order valence-corrected chi connectivity index (χ0v) is 15.8. The third kappa shape index (κ3) is 4.60. The first-order valence-electron chi connectivity index (χ1n) is 7.99. The zero-order valence-electron chi connectivity index (χ0n) is 14.2. The van der Waals surface area contributed by atoms with Gasteiger partial charge in [0.05, 0.1) is 0 Å². The molecule has 1 aliphatic rings. The molecular weight excluding hydrogens is 327 g/mol. The van der Waals surface area contributed by atoms with Gasteiger partial charge in [0.15, 0.2) is 0 Å². The molecule has 1 saturated heterocycles. The molecule has 0 amide bonds. The summed E-state index contributed by atoms with van der Waals surface area (Å²) in [6.45, 7) is 11.5. The number of nitrogens with one attached hydrogen (secondary N) is 1. The fourth-order valence-corrected chi connectivity index (χ4v) is 3.58. The molecule has 4 heteroatoms. The second kappa shape index (κ2) is 8.34. The van der Waals surface area contributed by atoms with Crippen LogP contribution in [-0.2, 0) is 0 Å². The standard InChI is InChI=1S/C19H26N2.2ClH/c1-19(2,3)18(21-12-10-20-11-13-21)17-9-8-15-6-4-5-7-16(15)14-17;;/h4-9,14,18,20H,10-13H2,1-3H3;2*1H/t18-;;/m1../s1. The molecule has 23 heavy (non-hydrogen) atoms. The number of hydrogen-bond donors (Lipinski definition) is 1. The molecular formula is C19H28Cl2N2. The van der Waals surface area contributed by atoms with Gasteiger partial charge in [0, 0.05) is 32.2 Å². The number of piperazine rings is 1. The molecule has 0 bridgehead atoms. The molecule has 0 aromatic heterocycles. The molecule has 0 unspecified atom stereocenters. The third-order valence-corrected chi connectivity index (χ3v) is 4.43. The van der Waals surface area contributed by atoms with E-state index in [1.807, 2.05) is 0 Å². The quantitative estimate of drug-likeness (QED) is 0.842. The van der Waals surface area contributed by atoms with E-state index in [0.717, 1.165) is 26.2 Å². The minimum absolute atomic E-state index is 0. The number of benzene rings is 2. The zero-order chi connectivity index (χ0) is 14.9. The van der Waals surface area contributed by atoms with E-state index in [2.05, 4.69) is 73.5 Å². The van der Waals surface area contributed by atoms with Gasteiger partial charge in [-0.3, -0.25) is 4.90 Å². The van der Waals surface area contributed by atoms with Gasteiger partial charge in [-0.25, -0.2) is 0 Å². The van der Waals surface area contributed by atoms with Crippen molar-refractivity contribution in [2.24, 2.45) is 5.41 Å². The SMILES string of the molecule is CC(C)(C)[C@@H](c1ccc2ccccc2c1)N1CCNCC1.Cl.Cl. The summed E-state index contributed by atoms with van der Waals surface area (Å²) < 4.78 is 0. The molecule has 1 atom stereocenters. The van der Waals surface area contributed by atoms with Crippen LogP contribution in [0.15, 0.2) is 42.5 Å². The summed E-state index contributed by atoms with van der Waals surface area (Å²) in [5.41, 5.74) is 1.68. The fourth-order valence-electron chi connectivity index (χ4n) is 3.58. The summed E-state index contributed by atoms with van der Waals surface area (Å²) in [5.74, 6) is 0. The Hall–Kier alpha value is -0.800. The summed E-state index contributed by atoms with van der Waals surface area (Å²) in [5, 5.41) is 6.14. The molecule has 2 nitrogen and oxygen atoms in total. The van der Waals surface area contributed by atoms with E-state index < -0.39 is 0 Å². The molecule has 1 aliphatic heterocycles. The smallest absolute Gasteiger partial charge is 0.0397 e. The van der Waals surface area contributed by atoms with Crippen molar-refractivity contribution in [3.05, 3.63) is 48.0 Å². The minimum Gasteiger partial charge on any atom is -0.314 e. The van der Waals surface area contributed by atoms with Crippen molar-refractivity contribution < 1.29 is 0 Å². The van der Waals surface area contributed by atoms with Crippen molar-refractivity contribution in [2.75, 3.05) is 26.2 Å². The normalized spacial score (nSPS) is 17.2. The Balaban J connectivity index is 0.00000132. The van der Waals surface area contributed by atoms with E-state index in [0.29, 0.717) is 6.04 Å². The van der Waals surface area contributed by atoms with Crippen molar-refractivity contribution in [3.63, 3.8) is 0 Å². The third-order valence-electron chi connectivity index (χ3n) is 4.43. The van der Waals surface area contributed by atoms with Crippen LogP contribution >= 0.6 is 24.8 Å². The lowest BCUT2D eigenvalue weighted by atomic mass is 9.80. The molecule has 1 fully saturated rings. The minimum atomic E-state index is 0. The summed E-state index contributed by atoms with van der Waals surface area (Å²) in [6.07, 6.45) is 0. The molecule has 0 radical (unpaired) electrons. The Kier molecular flexibility index (Phi) is 7.34. The first-order valence-corrected chi connectivity index (χ1v) is 7.99. The largest absolute Gasteiger partial charge is 0.314 e. The lowest BCUT2D eigenvalue weighted by Gasteiger charge is -2.42. The van der Waals surface area contributed by atoms with Crippen molar-refractivity contribution in [1.29, 1.82) is 0 Å². The summed E-state index contributed by atoms with van der Waals surface area (Å²) in [7, 11) is 0. The number of rotatable bonds is 2. The number of halogens is 2. The Morgan fingerprint density at radius 2 is 1.52 bits per heavy atom. The molecule has 128 valence electrons. The van der Waals surface area contributed by atoms with Gasteiger partial charge < -0.3 is 5.32 Å². The van der Waals surface area contributed by atoms with Crippen LogP contribution in [0.4, 0.5) is 0 Å². The molecule has 0 aliphatic carbocycles. The molecule has 1 N–H and O–H groups in total. The first-order chi connectivity index (χ1) is 10.1. The predicted molar refractivity (Wildman–Crippen MR) is 105 cm³/mol. The van der Waals surface area contributed by atoms with Gasteiger partial charge in [-0.2, -0.15) is 0 Å². The van der Waals surface area contributed by atoms with Crippen LogP contribution in [0.25, 0.3) is 10.8 Å². The van der Waals surface area contributed by atoms with Gasteiger partial charge in [0.2, 0.25) is 0 Å². The highest BCUT2D eigenvalue weighted by Gasteiger charge is 2.32. The number of nitrogens with zero attached hydrogens (tertiary/aromatic N) is 1. The predicted octanol–water partition coefficient (Wildman–Crippen LogP) is 4.68. The summed E-state index contributed by atoms with van der Waals surface area (Å²) in [4.78, 5) is 2.64. The molecule has 2 aromatic rings. The van der Waals surface area contributed by atoms with Crippen LogP contribution in [0.1, 0.15) is 32.4 Å². The molecule has 2 aromatic carbocycles. The molecule has 1 heterocycles. The maximum absolute atomic E-state index is 3.46. The Bertz CT molecular complexity index is 616. The van der Waals surface area contributed by atoms with E-state index >= 15 is 0 Å². The van der Waals surface area contributed by atoms with Crippen LogP contribution in [-0.4, -0.2) is 31.1 Å². The Morgan fingerprint density at radius 3 is 2.13 bits per heavy atom. The van der Waals surface area contributed by atoms with Gasteiger partial charge in [-0.05, 0) is 27.8 Å². The van der Waals surface area contributed by atoms with Gasteiger partial charge >= 0.3 is 0 Å². The maximum atomic E-state index is 3.46. The van der Waals surface area contributed by atoms with E-state index in [1.54, 1.807) is 0 Å². The van der Waals surface area contributed by atoms with Gasteiger partial charge in [0.1, 0.15) is 0 Å². The van der Waals surface area contributed by atoms with Gasteiger partial charge in [0.25, 0.3) is 0 Å². The topological polar surface area (TPSA) is 15.3 Å². The van der Waals surface area contributed by atoms with Crippen LogP contribution in [0.5, 0.6) is 0 Å². The van der Waals surface area contributed by atoms with Crippen molar-refractivity contribution in [2.45, 2.75) is 26.8 Å². The lowest BCUT2D eigenvalue weighted by molar-refractivity contribution is 0.0863. The summed E-state index contributed by atoms with van der Waals surface area (Å²) >= 11 is 0. The first kappa shape index (κ1) is 20.2. The highest BCUT2D eigenvalue weighted by molar-refractivity contribution is 5.85. The van der Waals surface area contributed by atoms with Crippen LogP contribution in [0.2, 0.25) is 0 Å². The highest BCUT2D eigenvalue weighted by atomic mass is 35.5. The van der Waals surface area contributed by atoms with E-state index in [-0.39, 0.29) is 30.2 Å². The maximum Gasteiger partial charge on any atom is 0.0397 e. The second-order valence-electron chi connectivity index (χ2n) is 7.16. The van der Waals surface area contributed by atoms with Gasteiger partial charge in [-0.15, -0.1) is 24.8 Å². The van der Waals surface area contributed by atoms with Crippen LogP contribution in [0.3, 0.4) is 0 Å². The van der Waals surface area contributed by atoms with Crippen molar-refractivity contribution >= 4 is 35.6 Å². The summed E-state index contributed by atoms with van der Waals surface area (Å²) in [6, 6.07) is 16.1. The second-order valence-corrected chi connectivity index (χ2v) is 7.16. The molecule has 3 rings (SSSR count). The average Bonchev–Trinajstić information content (AvgIpc) is 2.47. The van der Waals surface area contributed by atoms with Crippen LogP contribution in [0, 0.1) is 5.41 Å². The number of fused-ring (bicyclic) bond motifs is 1. The van der Waals surface area contributed by atoms with E-state index in [1.165, 1.54) is 16.3 Å². The lowest BCUT2D eigenvalue weighted by Crippen LogP contribution is -2.48. The monoisotopic (exact) mass is 354 g/mol. The average molecular weight is 355 g/mol. The highest BCUT2D eigenvalue weighted by Crippen LogP contribution is 2.39. The van der Waals surface area contributed by atoms with Crippen molar-refractivity contribution in [1.82, 2.24) is 10.2 Å². The Morgan fingerprint density at radius 1 is 0.913 bits per heavy atom. The van der Waals surface area contributed by atoms with Crippen LogP contribution < -0.4 is 5.32 Å². The fraction of sp³-hybridized carbons (Fsp3) is 0.474. The van der Waals surface area contributed by atoms with E-state index in [9.17, 15) is 0 Å². The molecule has 0 spiro atoms. The number of hydrogen-bond acceptors (Lipinski definition) is 2. The van der Waals surface area contributed by atoms with E-state index in [4.69, 9.17) is 0 Å². The molecule has 0 saturated carbocycles. The van der Waals surface area contributed by atoms with Gasteiger partial charge in [-0.1, -0.05) is 57.2 Å². The van der Waals surface area contributed by atoms with Crippen molar-refractivity contribution in [3.8, 4) is 0 Å². The Labute approximate surface area is 152 Å².